The van der Waals surface area contributed by atoms with Gasteiger partial charge in [-0.15, -0.1) is 0 Å². The molecule has 0 bridgehead atoms. The average Bonchev–Trinajstić information content (AvgIpc) is 2.40. The van der Waals surface area contributed by atoms with Crippen LogP contribution in [-0.2, 0) is 0 Å². The topological polar surface area (TPSA) is 24.9 Å². The van der Waals surface area contributed by atoms with Crippen LogP contribution in [0.1, 0.15) is 29.8 Å². The van der Waals surface area contributed by atoms with E-state index in [0.29, 0.717) is 5.02 Å². The van der Waals surface area contributed by atoms with Crippen molar-refractivity contribution in [2.24, 2.45) is 0 Å². The third kappa shape index (κ3) is 3.31. The average molecular weight is 279 g/mol. The first-order valence-corrected chi connectivity index (χ1v) is 6.60. The summed E-state index contributed by atoms with van der Waals surface area (Å²) in [5.74, 6) is -0.289. The Balaban J connectivity index is 2.44. The molecule has 0 amide bonds. The van der Waals surface area contributed by atoms with E-state index in [2.05, 4.69) is 10.3 Å². The molecule has 0 saturated heterocycles. The van der Waals surface area contributed by atoms with Crippen LogP contribution in [0.5, 0.6) is 0 Å². The van der Waals surface area contributed by atoms with Gasteiger partial charge in [-0.25, -0.2) is 4.39 Å². The van der Waals surface area contributed by atoms with Gasteiger partial charge in [0.15, 0.2) is 0 Å². The minimum absolute atomic E-state index is 0.152. The molecule has 2 nitrogen and oxygen atoms in total. The predicted octanol–water partition coefficient (Wildman–Crippen LogP) is 3.88. The smallest absolute Gasteiger partial charge is 0.123 e. The Hall–Kier alpha value is -1.45. The molecule has 1 N–H and O–H groups in total. The molecule has 0 spiro atoms. The fourth-order valence-electron chi connectivity index (χ4n) is 2.00. The van der Waals surface area contributed by atoms with Crippen LogP contribution in [0.4, 0.5) is 4.39 Å². The van der Waals surface area contributed by atoms with Crippen molar-refractivity contribution in [3.63, 3.8) is 0 Å². The van der Waals surface area contributed by atoms with Gasteiger partial charge >= 0.3 is 0 Å². The molecular weight excluding hydrogens is 263 g/mol. The van der Waals surface area contributed by atoms with Gasteiger partial charge in [0.2, 0.25) is 0 Å². The van der Waals surface area contributed by atoms with Crippen molar-refractivity contribution in [3.05, 3.63) is 64.2 Å². The zero-order valence-electron chi connectivity index (χ0n) is 11.0. The van der Waals surface area contributed by atoms with Crippen LogP contribution in [0, 0.1) is 12.7 Å². The van der Waals surface area contributed by atoms with Gasteiger partial charge in [-0.1, -0.05) is 24.6 Å². The summed E-state index contributed by atoms with van der Waals surface area (Å²) in [6.07, 6.45) is 1.80. The van der Waals surface area contributed by atoms with Crippen LogP contribution in [0.15, 0.2) is 36.5 Å². The molecule has 0 aliphatic heterocycles. The highest BCUT2D eigenvalue weighted by Gasteiger charge is 2.17. The van der Waals surface area contributed by atoms with Crippen molar-refractivity contribution >= 4 is 11.6 Å². The van der Waals surface area contributed by atoms with E-state index in [1.165, 1.54) is 12.1 Å². The van der Waals surface area contributed by atoms with E-state index >= 15 is 0 Å². The number of rotatable bonds is 4. The number of aryl methyl sites for hydroxylation is 1. The molecule has 1 unspecified atom stereocenters. The molecule has 1 aromatic heterocycles. The molecule has 1 atom stereocenters. The highest BCUT2D eigenvalue weighted by atomic mass is 35.5. The van der Waals surface area contributed by atoms with Gasteiger partial charge in [0.25, 0.3) is 0 Å². The van der Waals surface area contributed by atoms with Crippen LogP contribution in [0.2, 0.25) is 5.02 Å². The zero-order chi connectivity index (χ0) is 13.8. The molecule has 2 rings (SSSR count). The Morgan fingerprint density at radius 1 is 1.32 bits per heavy atom. The van der Waals surface area contributed by atoms with Gasteiger partial charge < -0.3 is 5.32 Å². The summed E-state index contributed by atoms with van der Waals surface area (Å²) < 4.78 is 13.4. The summed E-state index contributed by atoms with van der Waals surface area (Å²) in [5, 5.41) is 3.86. The molecule has 0 saturated carbocycles. The van der Waals surface area contributed by atoms with E-state index in [-0.39, 0.29) is 11.9 Å². The first kappa shape index (κ1) is 14.0. The van der Waals surface area contributed by atoms with Gasteiger partial charge in [0.05, 0.1) is 6.04 Å². The second-order valence-electron chi connectivity index (χ2n) is 4.39. The van der Waals surface area contributed by atoms with Crippen molar-refractivity contribution in [1.29, 1.82) is 0 Å². The number of benzene rings is 1. The summed E-state index contributed by atoms with van der Waals surface area (Å²) >= 11 is 6.18. The first-order valence-electron chi connectivity index (χ1n) is 6.22. The lowest BCUT2D eigenvalue weighted by Crippen LogP contribution is -2.22. The maximum Gasteiger partial charge on any atom is 0.123 e. The highest BCUT2D eigenvalue weighted by molar-refractivity contribution is 6.31. The van der Waals surface area contributed by atoms with E-state index in [0.717, 1.165) is 23.4 Å². The fourth-order valence-corrected chi connectivity index (χ4v) is 2.22. The lowest BCUT2D eigenvalue weighted by Gasteiger charge is -2.20. The van der Waals surface area contributed by atoms with Crippen LogP contribution >= 0.6 is 11.6 Å². The van der Waals surface area contributed by atoms with Gasteiger partial charge in [-0.2, -0.15) is 0 Å². The maximum atomic E-state index is 13.4. The Labute approximate surface area is 117 Å². The highest BCUT2D eigenvalue weighted by Crippen LogP contribution is 2.28. The quantitative estimate of drug-likeness (QED) is 0.918. The van der Waals surface area contributed by atoms with Crippen molar-refractivity contribution in [2.45, 2.75) is 19.9 Å². The number of halogens is 2. The molecule has 0 aliphatic carbocycles. The predicted molar refractivity (Wildman–Crippen MR) is 75.9 cm³/mol. The third-order valence-corrected chi connectivity index (χ3v) is 3.29. The SMILES string of the molecule is CCNC(c1ccc(C)nc1)c1cc(F)ccc1Cl. The second kappa shape index (κ2) is 6.13. The zero-order valence-corrected chi connectivity index (χ0v) is 11.7. The molecule has 1 aromatic carbocycles. The summed E-state index contributed by atoms with van der Waals surface area (Å²) in [6.45, 7) is 4.69. The lowest BCUT2D eigenvalue weighted by molar-refractivity contribution is 0.602. The van der Waals surface area contributed by atoms with Crippen LogP contribution in [-0.4, -0.2) is 11.5 Å². The number of aromatic nitrogens is 1. The molecule has 19 heavy (non-hydrogen) atoms. The summed E-state index contributed by atoms with van der Waals surface area (Å²) in [5.41, 5.74) is 2.65. The number of nitrogens with one attached hydrogen (secondary N) is 1. The fraction of sp³-hybridized carbons (Fsp3) is 0.267. The number of pyridine rings is 1. The van der Waals surface area contributed by atoms with Gasteiger partial charge in [-0.05, 0) is 48.9 Å². The van der Waals surface area contributed by atoms with Gasteiger partial charge in [0.1, 0.15) is 5.82 Å². The summed E-state index contributed by atoms with van der Waals surface area (Å²) in [4.78, 5) is 4.28. The number of nitrogens with zero attached hydrogens (tertiary/aromatic N) is 1. The van der Waals surface area contributed by atoms with Gasteiger partial charge in [0, 0.05) is 16.9 Å². The molecule has 4 heteroatoms. The maximum absolute atomic E-state index is 13.4. The molecule has 0 radical (unpaired) electrons. The number of hydrogen-bond donors (Lipinski definition) is 1. The van der Waals surface area contributed by atoms with E-state index in [4.69, 9.17) is 11.6 Å². The van der Waals surface area contributed by atoms with E-state index < -0.39 is 0 Å². The minimum Gasteiger partial charge on any atom is -0.306 e. The third-order valence-electron chi connectivity index (χ3n) is 2.94. The minimum atomic E-state index is -0.289. The molecule has 0 fully saturated rings. The summed E-state index contributed by atoms with van der Waals surface area (Å²) in [7, 11) is 0. The molecule has 0 aliphatic rings. The first-order chi connectivity index (χ1) is 9.11. The van der Waals surface area contributed by atoms with Crippen molar-refractivity contribution in [1.82, 2.24) is 10.3 Å². The molecule has 1 heterocycles. The normalized spacial score (nSPS) is 12.4. The van der Waals surface area contributed by atoms with Crippen LogP contribution < -0.4 is 5.32 Å². The van der Waals surface area contributed by atoms with E-state index in [1.807, 2.05) is 26.0 Å². The molecule has 2 aromatic rings. The number of hydrogen-bond acceptors (Lipinski definition) is 2. The largest absolute Gasteiger partial charge is 0.306 e. The summed E-state index contributed by atoms with van der Waals surface area (Å²) in [6, 6.07) is 8.18. The Morgan fingerprint density at radius 3 is 2.74 bits per heavy atom. The Morgan fingerprint density at radius 2 is 2.11 bits per heavy atom. The van der Waals surface area contributed by atoms with Gasteiger partial charge in [-0.3, -0.25) is 4.98 Å². The molecular formula is C15H16ClFN2. The van der Waals surface area contributed by atoms with E-state index in [9.17, 15) is 4.39 Å². The monoisotopic (exact) mass is 278 g/mol. The lowest BCUT2D eigenvalue weighted by atomic mass is 9.99. The standard InChI is InChI=1S/C15H16ClFN2/c1-3-18-15(11-5-4-10(2)19-9-11)13-8-12(17)6-7-14(13)16/h4-9,15,18H,3H2,1-2H3. The van der Waals surface area contributed by atoms with Crippen molar-refractivity contribution < 1.29 is 4.39 Å². The second-order valence-corrected chi connectivity index (χ2v) is 4.80. The van der Waals surface area contributed by atoms with E-state index in [1.54, 1.807) is 12.3 Å². The Kier molecular flexibility index (Phi) is 4.51. The molecule has 100 valence electrons. The van der Waals surface area contributed by atoms with Crippen molar-refractivity contribution in [3.8, 4) is 0 Å². The van der Waals surface area contributed by atoms with Crippen molar-refractivity contribution in [2.75, 3.05) is 6.54 Å². The Bertz CT molecular complexity index is 555. The van der Waals surface area contributed by atoms with Crippen LogP contribution in [0.25, 0.3) is 0 Å². The van der Waals surface area contributed by atoms with Crippen LogP contribution in [0.3, 0.4) is 0 Å².